The van der Waals surface area contributed by atoms with Crippen molar-refractivity contribution in [1.29, 1.82) is 0 Å². The van der Waals surface area contributed by atoms with E-state index in [1.165, 1.54) is 0 Å². The number of carbonyl (C=O) groups is 3. The number of imide groups is 1. The second-order valence-electron chi connectivity index (χ2n) is 7.00. The van der Waals surface area contributed by atoms with Crippen LogP contribution in [0.15, 0.2) is 30.4 Å². The van der Waals surface area contributed by atoms with Gasteiger partial charge in [0.2, 0.25) is 17.7 Å². The van der Waals surface area contributed by atoms with Crippen LogP contribution in [0.5, 0.6) is 0 Å². The Morgan fingerprint density at radius 2 is 1.69 bits per heavy atom. The maximum absolute atomic E-state index is 13.1. The van der Waals surface area contributed by atoms with Crippen molar-refractivity contribution < 1.29 is 27.6 Å². The number of hydrogen-bond acceptors (Lipinski definition) is 3. The summed E-state index contributed by atoms with van der Waals surface area (Å²) < 4.78 is 39.4. The molecule has 2 aliphatic carbocycles. The predicted octanol–water partition coefficient (Wildman–Crippen LogP) is 2.04. The van der Waals surface area contributed by atoms with Crippen LogP contribution in [-0.4, -0.2) is 17.7 Å². The minimum absolute atomic E-state index is 0.0585. The number of fused-ring (bicyclic) bond motifs is 5. The highest BCUT2D eigenvalue weighted by molar-refractivity contribution is 6.23. The molecule has 2 bridgehead atoms. The Morgan fingerprint density at radius 3 is 2.19 bits per heavy atom. The lowest BCUT2D eigenvalue weighted by atomic mass is 9.85. The standard InChI is InChI=1S/C18H15F3N2O3/c19-18(20,21)11-4-3-8(6-13(22)24)12(7-11)23-16(25)14-9-1-2-10(5-9)15(14)17(23)26/h1-4,7,9-10,14-15H,5-6H2,(H2,22,24). The number of nitrogens with zero attached hydrogens (tertiary/aromatic N) is 1. The Morgan fingerprint density at radius 1 is 1.12 bits per heavy atom. The van der Waals surface area contributed by atoms with E-state index in [1.807, 2.05) is 12.2 Å². The third-order valence-electron chi connectivity index (χ3n) is 5.49. The first-order valence-electron chi connectivity index (χ1n) is 8.23. The molecular weight excluding hydrogens is 349 g/mol. The number of primary amides is 1. The van der Waals surface area contributed by atoms with Crippen LogP contribution in [0.25, 0.3) is 0 Å². The van der Waals surface area contributed by atoms with Gasteiger partial charge >= 0.3 is 6.18 Å². The monoisotopic (exact) mass is 364 g/mol. The number of allylic oxidation sites excluding steroid dienone is 2. The predicted molar refractivity (Wildman–Crippen MR) is 84.6 cm³/mol. The number of amides is 3. The lowest BCUT2D eigenvalue weighted by Gasteiger charge is -2.21. The summed E-state index contributed by atoms with van der Waals surface area (Å²) in [5.74, 6) is -2.94. The van der Waals surface area contributed by atoms with Gasteiger partial charge in [0.25, 0.3) is 0 Å². The van der Waals surface area contributed by atoms with E-state index in [-0.39, 0.29) is 29.5 Å². The topological polar surface area (TPSA) is 80.5 Å². The molecule has 1 saturated carbocycles. The third-order valence-corrected chi connectivity index (χ3v) is 5.49. The van der Waals surface area contributed by atoms with Crippen molar-refractivity contribution in [2.24, 2.45) is 29.4 Å². The van der Waals surface area contributed by atoms with Crippen LogP contribution in [0.3, 0.4) is 0 Å². The normalized spacial score (nSPS) is 29.6. The molecular formula is C18H15F3N2O3. The molecule has 2 fully saturated rings. The van der Waals surface area contributed by atoms with Gasteiger partial charge < -0.3 is 5.73 Å². The SMILES string of the molecule is NC(=O)Cc1ccc(C(F)(F)F)cc1N1C(=O)C2C3C=CC(C3)C2C1=O. The lowest BCUT2D eigenvalue weighted by Crippen LogP contribution is -2.34. The van der Waals surface area contributed by atoms with Crippen LogP contribution < -0.4 is 10.6 Å². The van der Waals surface area contributed by atoms with Crippen LogP contribution in [-0.2, 0) is 27.0 Å². The van der Waals surface area contributed by atoms with Gasteiger partial charge in [-0.3, -0.25) is 14.4 Å². The Kier molecular flexibility index (Phi) is 3.51. The van der Waals surface area contributed by atoms with Crippen molar-refractivity contribution in [2.45, 2.75) is 19.0 Å². The molecule has 2 N–H and O–H groups in total. The summed E-state index contributed by atoms with van der Waals surface area (Å²) in [7, 11) is 0. The van der Waals surface area contributed by atoms with Gasteiger partial charge in [-0.15, -0.1) is 0 Å². The summed E-state index contributed by atoms with van der Waals surface area (Å²) in [5, 5.41) is 0. The summed E-state index contributed by atoms with van der Waals surface area (Å²) in [6, 6.07) is 2.67. The zero-order valence-corrected chi connectivity index (χ0v) is 13.5. The molecule has 136 valence electrons. The van der Waals surface area contributed by atoms with Crippen molar-refractivity contribution in [2.75, 3.05) is 4.90 Å². The molecule has 8 heteroatoms. The summed E-state index contributed by atoms with van der Waals surface area (Å²) in [4.78, 5) is 37.8. The molecule has 0 spiro atoms. The van der Waals surface area contributed by atoms with E-state index < -0.39 is 41.3 Å². The number of rotatable bonds is 3. The fourth-order valence-corrected chi connectivity index (χ4v) is 4.43. The molecule has 4 atom stereocenters. The third kappa shape index (κ3) is 2.35. The summed E-state index contributed by atoms with van der Waals surface area (Å²) in [5.41, 5.74) is 4.12. The van der Waals surface area contributed by atoms with Crippen molar-refractivity contribution >= 4 is 23.4 Å². The molecule has 0 radical (unpaired) electrons. The second kappa shape index (κ2) is 5.43. The van der Waals surface area contributed by atoms with Gasteiger partial charge in [-0.25, -0.2) is 4.90 Å². The zero-order chi connectivity index (χ0) is 18.8. The first kappa shape index (κ1) is 16.8. The quantitative estimate of drug-likeness (QED) is 0.658. The molecule has 1 aliphatic heterocycles. The molecule has 5 nitrogen and oxygen atoms in total. The van der Waals surface area contributed by atoms with Crippen LogP contribution in [0.4, 0.5) is 18.9 Å². The number of halogens is 3. The summed E-state index contributed by atoms with van der Waals surface area (Å²) >= 11 is 0. The van der Waals surface area contributed by atoms with E-state index in [4.69, 9.17) is 5.73 Å². The lowest BCUT2D eigenvalue weighted by molar-refractivity contribution is -0.137. The molecule has 1 aromatic carbocycles. The van der Waals surface area contributed by atoms with Gasteiger partial charge in [0.05, 0.1) is 29.5 Å². The molecule has 4 rings (SSSR count). The molecule has 1 aromatic rings. The first-order valence-corrected chi connectivity index (χ1v) is 8.23. The van der Waals surface area contributed by atoms with Gasteiger partial charge in [0, 0.05) is 0 Å². The van der Waals surface area contributed by atoms with Gasteiger partial charge in [-0.2, -0.15) is 13.2 Å². The summed E-state index contributed by atoms with van der Waals surface area (Å²) in [6.45, 7) is 0. The van der Waals surface area contributed by atoms with Crippen LogP contribution >= 0.6 is 0 Å². The summed E-state index contributed by atoms with van der Waals surface area (Å²) in [6.07, 6.45) is -0.474. The van der Waals surface area contributed by atoms with E-state index in [9.17, 15) is 27.6 Å². The van der Waals surface area contributed by atoms with Crippen LogP contribution in [0.1, 0.15) is 17.5 Å². The number of nitrogens with two attached hydrogens (primary N) is 1. The number of alkyl halides is 3. The van der Waals surface area contributed by atoms with Crippen LogP contribution in [0.2, 0.25) is 0 Å². The van der Waals surface area contributed by atoms with Crippen molar-refractivity contribution in [3.63, 3.8) is 0 Å². The van der Waals surface area contributed by atoms with Crippen LogP contribution in [0, 0.1) is 23.7 Å². The van der Waals surface area contributed by atoms with E-state index in [2.05, 4.69) is 0 Å². The van der Waals surface area contributed by atoms with Crippen molar-refractivity contribution in [1.82, 2.24) is 0 Å². The molecule has 3 aliphatic rings. The first-order chi connectivity index (χ1) is 12.2. The number of benzene rings is 1. The molecule has 1 heterocycles. The number of carbonyl (C=O) groups excluding carboxylic acids is 3. The van der Waals surface area contributed by atoms with Crippen molar-refractivity contribution in [3.8, 4) is 0 Å². The highest BCUT2D eigenvalue weighted by Gasteiger charge is 2.59. The van der Waals surface area contributed by atoms with E-state index in [0.717, 1.165) is 29.5 Å². The highest BCUT2D eigenvalue weighted by Crippen LogP contribution is 2.53. The van der Waals surface area contributed by atoms with Gasteiger partial charge in [0.1, 0.15) is 0 Å². The van der Waals surface area contributed by atoms with E-state index in [1.54, 1.807) is 0 Å². The molecule has 3 amide bonds. The minimum atomic E-state index is -4.64. The van der Waals surface area contributed by atoms with Crippen molar-refractivity contribution in [3.05, 3.63) is 41.5 Å². The molecule has 0 aromatic heterocycles. The molecule has 26 heavy (non-hydrogen) atoms. The van der Waals surface area contributed by atoms with E-state index in [0.29, 0.717) is 0 Å². The average Bonchev–Trinajstić information content (AvgIpc) is 3.21. The zero-order valence-electron chi connectivity index (χ0n) is 13.5. The maximum atomic E-state index is 13.1. The number of anilines is 1. The largest absolute Gasteiger partial charge is 0.416 e. The molecule has 4 unspecified atom stereocenters. The fraction of sp³-hybridized carbons (Fsp3) is 0.389. The Balaban J connectivity index is 1.80. The highest BCUT2D eigenvalue weighted by atomic mass is 19.4. The minimum Gasteiger partial charge on any atom is -0.369 e. The van der Waals surface area contributed by atoms with Gasteiger partial charge in [-0.1, -0.05) is 18.2 Å². The molecule has 1 saturated heterocycles. The average molecular weight is 364 g/mol. The second-order valence-corrected chi connectivity index (χ2v) is 7.00. The Hall–Kier alpha value is -2.64. The number of hydrogen-bond donors (Lipinski definition) is 1. The smallest absolute Gasteiger partial charge is 0.369 e. The fourth-order valence-electron chi connectivity index (χ4n) is 4.43. The van der Waals surface area contributed by atoms with Gasteiger partial charge in [-0.05, 0) is 36.0 Å². The van der Waals surface area contributed by atoms with E-state index >= 15 is 0 Å². The maximum Gasteiger partial charge on any atom is 0.416 e. The Labute approximate surface area is 146 Å². The van der Waals surface area contributed by atoms with Gasteiger partial charge in [0.15, 0.2) is 0 Å². The Bertz CT molecular complexity index is 832.